The summed E-state index contributed by atoms with van der Waals surface area (Å²) in [5.41, 5.74) is 0.940. The Morgan fingerprint density at radius 2 is 1.86 bits per heavy atom. The van der Waals surface area contributed by atoms with Gasteiger partial charge in [-0.25, -0.2) is 4.98 Å². The Balaban J connectivity index is 2.19. The van der Waals surface area contributed by atoms with Crippen molar-refractivity contribution in [1.29, 1.82) is 0 Å². The van der Waals surface area contributed by atoms with E-state index in [1.807, 2.05) is 12.1 Å². The summed E-state index contributed by atoms with van der Waals surface area (Å²) in [6.45, 7) is 0. The van der Waals surface area contributed by atoms with Crippen LogP contribution in [-0.2, 0) is 0 Å². The van der Waals surface area contributed by atoms with Gasteiger partial charge in [0.2, 0.25) is 0 Å². The van der Waals surface area contributed by atoms with Gasteiger partial charge in [0.15, 0.2) is 0 Å². The van der Waals surface area contributed by atoms with E-state index in [4.69, 9.17) is 11.6 Å². The van der Waals surface area contributed by atoms with Crippen LogP contribution in [0, 0.1) is 0 Å². The normalized spacial score (nSPS) is 9.79. The van der Waals surface area contributed by atoms with Crippen molar-refractivity contribution in [3.05, 3.63) is 47.9 Å². The molecule has 2 aromatic heterocycles. The number of pyridine rings is 2. The van der Waals surface area contributed by atoms with Crippen LogP contribution in [0.3, 0.4) is 0 Å². The van der Waals surface area contributed by atoms with Gasteiger partial charge in [0.25, 0.3) is 0 Å². The molecular formula is C10H8ClN3. The summed E-state index contributed by atoms with van der Waals surface area (Å²) in [6, 6.07) is 7.23. The predicted octanol–water partition coefficient (Wildman–Crippen LogP) is 2.87. The Morgan fingerprint density at radius 3 is 2.57 bits per heavy atom. The Morgan fingerprint density at radius 1 is 1.07 bits per heavy atom. The van der Waals surface area contributed by atoms with E-state index in [1.54, 1.807) is 30.7 Å². The van der Waals surface area contributed by atoms with Crippen LogP contribution in [0.15, 0.2) is 42.9 Å². The molecule has 0 radical (unpaired) electrons. The summed E-state index contributed by atoms with van der Waals surface area (Å²) in [6.07, 6.45) is 5.09. The minimum absolute atomic E-state index is 0.663. The van der Waals surface area contributed by atoms with Gasteiger partial charge < -0.3 is 5.32 Å². The molecule has 14 heavy (non-hydrogen) atoms. The number of anilines is 2. The highest BCUT2D eigenvalue weighted by molar-refractivity contribution is 6.30. The molecule has 0 aliphatic rings. The molecule has 2 heterocycles. The van der Waals surface area contributed by atoms with Gasteiger partial charge in [0.1, 0.15) is 5.82 Å². The molecule has 0 atom stereocenters. The van der Waals surface area contributed by atoms with Gasteiger partial charge in [-0.2, -0.15) is 0 Å². The van der Waals surface area contributed by atoms with Gasteiger partial charge in [0, 0.05) is 29.3 Å². The van der Waals surface area contributed by atoms with Gasteiger partial charge in [-0.1, -0.05) is 11.6 Å². The first-order chi connectivity index (χ1) is 6.84. The smallest absolute Gasteiger partial charge is 0.131 e. The maximum atomic E-state index is 5.82. The standard InChI is InChI=1S/C10H8ClN3/c11-8-1-6-13-10(7-8)14-9-2-4-12-5-3-9/h1-7H,(H,12,13,14). The first-order valence-corrected chi connectivity index (χ1v) is 4.51. The number of hydrogen-bond acceptors (Lipinski definition) is 3. The maximum Gasteiger partial charge on any atom is 0.131 e. The monoisotopic (exact) mass is 205 g/mol. The second-order valence-electron chi connectivity index (χ2n) is 2.72. The summed E-state index contributed by atoms with van der Waals surface area (Å²) in [5.74, 6) is 0.726. The highest BCUT2D eigenvalue weighted by Gasteiger charge is 1.95. The average molecular weight is 206 g/mol. The number of hydrogen-bond donors (Lipinski definition) is 1. The molecule has 0 bridgehead atoms. The van der Waals surface area contributed by atoms with Crippen LogP contribution >= 0.6 is 11.6 Å². The zero-order valence-corrected chi connectivity index (χ0v) is 8.07. The molecule has 0 fully saturated rings. The largest absolute Gasteiger partial charge is 0.340 e. The summed E-state index contributed by atoms with van der Waals surface area (Å²) in [7, 11) is 0. The lowest BCUT2D eigenvalue weighted by molar-refractivity contribution is 1.28. The van der Waals surface area contributed by atoms with Gasteiger partial charge in [-0.05, 0) is 24.3 Å². The minimum atomic E-state index is 0.663. The Kier molecular flexibility index (Phi) is 2.60. The van der Waals surface area contributed by atoms with Gasteiger partial charge in [-0.3, -0.25) is 4.98 Å². The molecule has 0 saturated carbocycles. The van der Waals surface area contributed by atoms with E-state index >= 15 is 0 Å². The van der Waals surface area contributed by atoms with Gasteiger partial charge in [-0.15, -0.1) is 0 Å². The molecule has 0 unspecified atom stereocenters. The number of rotatable bonds is 2. The Hall–Kier alpha value is -1.61. The molecule has 2 aromatic rings. The van der Waals surface area contributed by atoms with Crippen LogP contribution in [0.1, 0.15) is 0 Å². The molecule has 4 heteroatoms. The van der Waals surface area contributed by atoms with Crippen molar-refractivity contribution in [3.63, 3.8) is 0 Å². The first-order valence-electron chi connectivity index (χ1n) is 4.13. The minimum Gasteiger partial charge on any atom is -0.340 e. The van der Waals surface area contributed by atoms with Crippen LogP contribution in [0.2, 0.25) is 5.02 Å². The number of aromatic nitrogens is 2. The fourth-order valence-electron chi connectivity index (χ4n) is 1.06. The molecular weight excluding hydrogens is 198 g/mol. The fourth-order valence-corrected chi connectivity index (χ4v) is 1.22. The average Bonchev–Trinajstić information content (AvgIpc) is 2.19. The van der Waals surface area contributed by atoms with Crippen LogP contribution in [0.4, 0.5) is 11.5 Å². The van der Waals surface area contributed by atoms with E-state index < -0.39 is 0 Å². The lowest BCUT2D eigenvalue weighted by atomic mass is 10.4. The summed E-state index contributed by atoms with van der Waals surface area (Å²) in [4.78, 5) is 8.04. The van der Waals surface area contributed by atoms with Crippen molar-refractivity contribution < 1.29 is 0 Å². The van der Waals surface area contributed by atoms with Gasteiger partial charge >= 0.3 is 0 Å². The van der Waals surface area contributed by atoms with Crippen molar-refractivity contribution in [2.24, 2.45) is 0 Å². The molecule has 0 saturated heterocycles. The predicted molar refractivity (Wildman–Crippen MR) is 56.8 cm³/mol. The summed E-state index contributed by atoms with van der Waals surface area (Å²) < 4.78 is 0. The quantitative estimate of drug-likeness (QED) is 0.819. The third-order valence-corrected chi connectivity index (χ3v) is 1.91. The second kappa shape index (κ2) is 4.07. The van der Waals surface area contributed by atoms with Crippen LogP contribution < -0.4 is 5.32 Å². The van der Waals surface area contributed by atoms with E-state index in [9.17, 15) is 0 Å². The molecule has 0 aliphatic heterocycles. The number of nitrogens with one attached hydrogen (secondary N) is 1. The molecule has 70 valence electrons. The van der Waals surface area contributed by atoms with E-state index in [1.165, 1.54) is 0 Å². The van der Waals surface area contributed by atoms with Crippen molar-refractivity contribution in [2.75, 3.05) is 5.32 Å². The Bertz CT molecular complexity index is 417. The molecule has 0 amide bonds. The SMILES string of the molecule is Clc1ccnc(Nc2ccncc2)c1. The van der Waals surface area contributed by atoms with Crippen LogP contribution in [0.25, 0.3) is 0 Å². The highest BCUT2D eigenvalue weighted by atomic mass is 35.5. The van der Waals surface area contributed by atoms with Crippen LogP contribution in [0.5, 0.6) is 0 Å². The molecule has 0 aromatic carbocycles. The fraction of sp³-hybridized carbons (Fsp3) is 0. The van der Waals surface area contributed by atoms with Crippen molar-refractivity contribution in [3.8, 4) is 0 Å². The zero-order valence-electron chi connectivity index (χ0n) is 7.31. The molecule has 1 N–H and O–H groups in total. The summed E-state index contributed by atoms with van der Waals surface area (Å²) in [5, 5.41) is 3.77. The van der Waals surface area contributed by atoms with E-state index in [-0.39, 0.29) is 0 Å². The van der Waals surface area contributed by atoms with Crippen molar-refractivity contribution in [2.45, 2.75) is 0 Å². The number of nitrogens with zero attached hydrogens (tertiary/aromatic N) is 2. The lowest BCUT2D eigenvalue weighted by Crippen LogP contribution is -1.92. The van der Waals surface area contributed by atoms with E-state index in [2.05, 4.69) is 15.3 Å². The molecule has 2 rings (SSSR count). The van der Waals surface area contributed by atoms with Crippen molar-refractivity contribution >= 4 is 23.1 Å². The third kappa shape index (κ3) is 2.20. The topological polar surface area (TPSA) is 37.8 Å². The molecule has 3 nitrogen and oxygen atoms in total. The highest BCUT2D eigenvalue weighted by Crippen LogP contribution is 2.16. The summed E-state index contributed by atoms with van der Waals surface area (Å²) >= 11 is 5.82. The van der Waals surface area contributed by atoms with E-state index in [0.29, 0.717) is 5.02 Å². The molecule has 0 aliphatic carbocycles. The van der Waals surface area contributed by atoms with E-state index in [0.717, 1.165) is 11.5 Å². The maximum absolute atomic E-state index is 5.82. The van der Waals surface area contributed by atoms with Gasteiger partial charge in [0.05, 0.1) is 0 Å². The third-order valence-electron chi connectivity index (χ3n) is 1.67. The van der Waals surface area contributed by atoms with Crippen molar-refractivity contribution in [1.82, 2.24) is 9.97 Å². The Labute approximate surface area is 86.8 Å². The lowest BCUT2D eigenvalue weighted by Gasteiger charge is -2.04. The molecule has 0 spiro atoms. The zero-order chi connectivity index (χ0) is 9.80. The van der Waals surface area contributed by atoms with Crippen LogP contribution in [-0.4, -0.2) is 9.97 Å². The second-order valence-corrected chi connectivity index (χ2v) is 3.16. The number of halogens is 1. The first kappa shape index (κ1) is 8.97.